The maximum absolute atomic E-state index is 13.1. The van der Waals surface area contributed by atoms with Gasteiger partial charge < -0.3 is 5.32 Å². The highest BCUT2D eigenvalue weighted by molar-refractivity contribution is 8.14. The number of amidine groups is 1. The molecule has 5 nitrogen and oxygen atoms in total. The average molecular weight is 440 g/mol. The van der Waals surface area contributed by atoms with E-state index in [1.807, 2.05) is 58.8 Å². The SMILES string of the molecule is O=C(CSC1=N/C(=C/c2cccs2)C(=O)N1C1CCCCC1)NCc1ccccc1. The minimum Gasteiger partial charge on any atom is -0.351 e. The molecule has 1 aromatic carbocycles. The Bertz CT molecular complexity index is 933. The van der Waals surface area contributed by atoms with Gasteiger partial charge in [-0.05, 0) is 35.9 Å². The Hall–Kier alpha value is -2.38. The number of aliphatic imine (C=N–C) groups is 1. The Kier molecular flexibility index (Phi) is 7.02. The lowest BCUT2D eigenvalue weighted by Gasteiger charge is -2.31. The number of nitrogens with one attached hydrogen (secondary N) is 1. The summed E-state index contributed by atoms with van der Waals surface area (Å²) in [5.74, 6) is 0.148. The summed E-state index contributed by atoms with van der Waals surface area (Å²) in [7, 11) is 0. The fourth-order valence-corrected chi connectivity index (χ4v) is 5.31. The molecule has 2 aromatic rings. The van der Waals surface area contributed by atoms with Crippen LogP contribution in [0.15, 0.2) is 58.5 Å². The Morgan fingerprint density at radius 3 is 2.70 bits per heavy atom. The van der Waals surface area contributed by atoms with E-state index >= 15 is 0 Å². The molecule has 0 spiro atoms. The third-order valence-corrected chi connectivity index (χ3v) is 7.06. The lowest BCUT2D eigenvalue weighted by atomic mass is 9.94. The first-order valence-corrected chi connectivity index (χ1v) is 12.2. The van der Waals surface area contributed by atoms with E-state index in [0.29, 0.717) is 17.4 Å². The fraction of sp³-hybridized carbons (Fsp3) is 0.348. The smallest absolute Gasteiger partial charge is 0.278 e. The zero-order valence-corrected chi connectivity index (χ0v) is 18.4. The van der Waals surface area contributed by atoms with Crippen LogP contribution in [0, 0.1) is 0 Å². The third-order valence-electron chi connectivity index (χ3n) is 5.29. The Labute approximate surface area is 185 Å². The van der Waals surface area contributed by atoms with Crippen molar-refractivity contribution in [3.63, 3.8) is 0 Å². The largest absolute Gasteiger partial charge is 0.351 e. The Morgan fingerprint density at radius 2 is 1.97 bits per heavy atom. The number of thioether (sulfide) groups is 1. The van der Waals surface area contributed by atoms with Gasteiger partial charge in [0.15, 0.2) is 5.17 Å². The first kappa shape index (κ1) is 20.9. The van der Waals surface area contributed by atoms with Crippen LogP contribution in [0.3, 0.4) is 0 Å². The van der Waals surface area contributed by atoms with Crippen LogP contribution in [0.2, 0.25) is 0 Å². The van der Waals surface area contributed by atoms with Crippen LogP contribution in [0.5, 0.6) is 0 Å². The maximum Gasteiger partial charge on any atom is 0.278 e. The van der Waals surface area contributed by atoms with Crippen molar-refractivity contribution in [1.82, 2.24) is 10.2 Å². The monoisotopic (exact) mass is 439 g/mol. The molecule has 0 radical (unpaired) electrons. The van der Waals surface area contributed by atoms with Crippen molar-refractivity contribution in [3.8, 4) is 0 Å². The number of nitrogens with zero attached hydrogens (tertiary/aromatic N) is 2. The number of thiophene rings is 1. The van der Waals surface area contributed by atoms with E-state index < -0.39 is 0 Å². The second-order valence-corrected chi connectivity index (χ2v) is 9.38. The van der Waals surface area contributed by atoms with Gasteiger partial charge in [0.05, 0.1) is 5.75 Å². The van der Waals surface area contributed by atoms with E-state index in [1.54, 1.807) is 11.3 Å². The molecule has 1 N–H and O–H groups in total. The van der Waals surface area contributed by atoms with Crippen molar-refractivity contribution >= 4 is 46.2 Å². The van der Waals surface area contributed by atoms with Gasteiger partial charge in [-0.25, -0.2) is 4.99 Å². The number of carbonyl (C=O) groups excluding carboxylic acids is 2. The Balaban J connectivity index is 1.43. The number of rotatable bonds is 6. The number of carbonyl (C=O) groups is 2. The first-order chi connectivity index (χ1) is 14.7. The summed E-state index contributed by atoms with van der Waals surface area (Å²) in [6.45, 7) is 0.501. The molecule has 1 aliphatic carbocycles. The molecular formula is C23H25N3O2S2. The highest BCUT2D eigenvalue weighted by Gasteiger charge is 2.36. The molecule has 1 fully saturated rings. The number of amides is 2. The summed E-state index contributed by atoms with van der Waals surface area (Å²) in [6, 6.07) is 14.0. The second-order valence-electron chi connectivity index (χ2n) is 7.46. The average Bonchev–Trinajstić information content (AvgIpc) is 3.40. The molecule has 7 heteroatoms. The van der Waals surface area contributed by atoms with Gasteiger partial charge in [-0.15, -0.1) is 11.3 Å². The minimum absolute atomic E-state index is 0.0394. The molecule has 2 aliphatic rings. The van der Waals surface area contributed by atoms with Crippen LogP contribution in [0.1, 0.15) is 42.5 Å². The van der Waals surface area contributed by atoms with Gasteiger partial charge in [0.2, 0.25) is 5.91 Å². The molecule has 1 aliphatic heterocycles. The van der Waals surface area contributed by atoms with Gasteiger partial charge in [0, 0.05) is 17.5 Å². The standard InChI is InChI=1S/C23H25N3O2S2/c27-21(24-15-17-8-3-1-4-9-17)16-30-23-25-20(14-19-12-7-13-29-19)22(28)26(23)18-10-5-2-6-11-18/h1,3-4,7-9,12-14,18H,2,5-6,10-11,15-16H2,(H,24,27)/b20-14+. The van der Waals surface area contributed by atoms with Crippen LogP contribution in [-0.2, 0) is 16.1 Å². The van der Waals surface area contributed by atoms with E-state index in [2.05, 4.69) is 10.3 Å². The molecule has 0 unspecified atom stereocenters. The van der Waals surface area contributed by atoms with Crippen molar-refractivity contribution in [2.45, 2.75) is 44.7 Å². The van der Waals surface area contributed by atoms with Crippen molar-refractivity contribution < 1.29 is 9.59 Å². The van der Waals surface area contributed by atoms with Crippen molar-refractivity contribution in [2.24, 2.45) is 4.99 Å². The summed E-state index contributed by atoms with van der Waals surface area (Å²) >= 11 is 2.94. The lowest BCUT2D eigenvalue weighted by molar-refractivity contribution is -0.124. The van der Waals surface area contributed by atoms with Crippen molar-refractivity contribution in [2.75, 3.05) is 5.75 Å². The molecule has 1 aromatic heterocycles. The minimum atomic E-state index is -0.0571. The van der Waals surface area contributed by atoms with Gasteiger partial charge in [0.25, 0.3) is 5.91 Å². The quantitative estimate of drug-likeness (QED) is 0.666. The first-order valence-electron chi connectivity index (χ1n) is 10.3. The van der Waals surface area contributed by atoms with E-state index in [4.69, 9.17) is 0 Å². The zero-order valence-electron chi connectivity index (χ0n) is 16.8. The summed E-state index contributed by atoms with van der Waals surface area (Å²) in [4.78, 5) is 33.0. The molecular weight excluding hydrogens is 414 g/mol. The normalized spacial score (nSPS) is 18.7. The topological polar surface area (TPSA) is 61.8 Å². The third kappa shape index (κ3) is 5.21. The number of benzene rings is 1. The lowest BCUT2D eigenvalue weighted by Crippen LogP contribution is -2.41. The molecule has 156 valence electrons. The fourth-order valence-electron chi connectivity index (χ4n) is 3.76. The van der Waals surface area contributed by atoms with Crippen LogP contribution in [-0.4, -0.2) is 33.7 Å². The van der Waals surface area contributed by atoms with Crippen LogP contribution < -0.4 is 5.32 Å². The zero-order chi connectivity index (χ0) is 20.8. The molecule has 30 heavy (non-hydrogen) atoms. The summed E-state index contributed by atoms with van der Waals surface area (Å²) < 4.78 is 0. The molecule has 4 rings (SSSR count). The van der Waals surface area contributed by atoms with Crippen LogP contribution >= 0.6 is 23.1 Å². The maximum atomic E-state index is 13.1. The van der Waals surface area contributed by atoms with Crippen LogP contribution in [0.25, 0.3) is 6.08 Å². The molecule has 0 atom stereocenters. The molecule has 2 amide bonds. The van der Waals surface area contributed by atoms with E-state index in [-0.39, 0.29) is 23.6 Å². The second kappa shape index (κ2) is 10.1. The molecule has 2 heterocycles. The molecule has 0 bridgehead atoms. The van der Waals surface area contributed by atoms with Crippen molar-refractivity contribution in [3.05, 3.63) is 64.0 Å². The number of hydrogen-bond acceptors (Lipinski definition) is 5. The summed E-state index contributed by atoms with van der Waals surface area (Å²) in [5, 5.41) is 5.59. The number of hydrogen-bond donors (Lipinski definition) is 1. The molecule has 1 saturated carbocycles. The molecule has 0 saturated heterocycles. The van der Waals surface area contributed by atoms with Gasteiger partial charge in [-0.3, -0.25) is 14.5 Å². The van der Waals surface area contributed by atoms with E-state index in [0.717, 1.165) is 36.1 Å². The summed E-state index contributed by atoms with van der Waals surface area (Å²) in [5.41, 5.74) is 1.53. The Morgan fingerprint density at radius 1 is 1.17 bits per heavy atom. The van der Waals surface area contributed by atoms with Gasteiger partial charge in [0.1, 0.15) is 5.70 Å². The van der Waals surface area contributed by atoms with Crippen molar-refractivity contribution in [1.29, 1.82) is 0 Å². The summed E-state index contributed by atoms with van der Waals surface area (Å²) in [6.07, 6.45) is 7.33. The van der Waals surface area contributed by atoms with E-state index in [1.165, 1.54) is 18.2 Å². The highest BCUT2D eigenvalue weighted by atomic mass is 32.2. The van der Waals surface area contributed by atoms with E-state index in [9.17, 15) is 9.59 Å². The van der Waals surface area contributed by atoms with Gasteiger partial charge in [-0.1, -0.05) is 67.4 Å². The van der Waals surface area contributed by atoms with Gasteiger partial charge >= 0.3 is 0 Å². The van der Waals surface area contributed by atoms with Crippen LogP contribution in [0.4, 0.5) is 0 Å². The predicted octanol–water partition coefficient (Wildman–Crippen LogP) is 4.67. The van der Waals surface area contributed by atoms with Gasteiger partial charge in [-0.2, -0.15) is 0 Å². The highest BCUT2D eigenvalue weighted by Crippen LogP contribution is 2.32. The predicted molar refractivity (Wildman–Crippen MR) is 124 cm³/mol.